The molecule has 0 radical (unpaired) electrons. The molecule has 0 saturated carbocycles. The average molecular weight is 687 g/mol. The van der Waals surface area contributed by atoms with Crippen LogP contribution in [0.25, 0.3) is 0 Å². The third-order valence-electron chi connectivity index (χ3n) is 13.6. The van der Waals surface area contributed by atoms with Gasteiger partial charge in [-0.3, -0.25) is 4.79 Å². The van der Waals surface area contributed by atoms with Gasteiger partial charge in [0.1, 0.15) is 12.2 Å². The molecule has 0 spiro atoms. The number of fused-ring (bicyclic) bond motifs is 6. The standard InChI is InChI=1S/C40H62O9/c1-25-9-7-18-36(3,43)32-23-27(15-20-38(5)30(48-38)13-11-25)29(34(41)46-32)17-22-40(45)28-16-21-39(6)31(49-39)14-12-26(2)10-8-19-37(4,44)33(24-28)47-35(40)42/h9-10,27-33,43-45H,7-8,11-24H2,1-6H3/b25-9+,26-10+/t27-,28-,29+,30+,31+,32+,33+,36+,37+,38+,39+,40+/m1/s1. The molecule has 276 valence electrons. The first-order chi connectivity index (χ1) is 22.9. The van der Waals surface area contributed by atoms with Crippen LogP contribution in [-0.4, -0.2) is 79.7 Å². The summed E-state index contributed by atoms with van der Waals surface area (Å²) in [5, 5.41) is 35.3. The normalized spacial score (nSPS) is 50.3. The van der Waals surface area contributed by atoms with E-state index in [2.05, 4.69) is 39.8 Å². The van der Waals surface area contributed by atoms with Crippen molar-refractivity contribution in [1.29, 1.82) is 0 Å². The van der Waals surface area contributed by atoms with Crippen LogP contribution in [0.5, 0.6) is 0 Å². The molecule has 9 nitrogen and oxygen atoms in total. The lowest BCUT2D eigenvalue weighted by Crippen LogP contribution is -2.58. The molecule has 9 heteroatoms. The molecule has 3 N–H and O–H groups in total. The van der Waals surface area contributed by atoms with E-state index >= 15 is 0 Å². The van der Waals surface area contributed by atoms with E-state index in [1.54, 1.807) is 13.8 Å². The zero-order chi connectivity index (χ0) is 35.4. The molecule has 49 heavy (non-hydrogen) atoms. The molecule has 4 bridgehead atoms. The van der Waals surface area contributed by atoms with Crippen molar-refractivity contribution in [3.8, 4) is 0 Å². The summed E-state index contributed by atoms with van der Waals surface area (Å²) in [5.74, 6) is -2.16. The molecule has 4 heterocycles. The van der Waals surface area contributed by atoms with Gasteiger partial charge >= 0.3 is 11.9 Å². The molecule has 4 fully saturated rings. The zero-order valence-electron chi connectivity index (χ0n) is 30.8. The Morgan fingerprint density at radius 1 is 0.694 bits per heavy atom. The highest BCUT2D eigenvalue weighted by molar-refractivity contribution is 5.81. The third kappa shape index (κ3) is 8.01. The van der Waals surface area contributed by atoms with Crippen molar-refractivity contribution < 1.29 is 43.9 Å². The number of carbonyl (C=O) groups is 2. The maximum Gasteiger partial charge on any atom is 0.338 e. The van der Waals surface area contributed by atoms with E-state index in [-0.39, 0.29) is 48.1 Å². The Bertz CT molecular complexity index is 1320. The maximum atomic E-state index is 13.9. The predicted octanol–water partition coefficient (Wildman–Crippen LogP) is 6.40. The molecule has 4 aliphatic heterocycles. The van der Waals surface area contributed by atoms with Gasteiger partial charge in [-0.05, 0) is 150 Å². The van der Waals surface area contributed by atoms with E-state index in [1.807, 2.05) is 0 Å². The molecular formula is C40H62O9. The van der Waals surface area contributed by atoms with Gasteiger partial charge in [0.05, 0.1) is 40.5 Å². The van der Waals surface area contributed by atoms with Crippen molar-refractivity contribution in [2.45, 2.75) is 197 Å². The lowest BCUT2D eigenvalue weighted by atomic mass is 9.69. The predicted molar refractivity (Wildman–Crippen MR) is 184 cm³/mol. The van der Waals surface area contributed by atoms with Crippen LogP contribution in [0.4, 0.5) is 0 Å². The highest BCUT2D eigenvalue weighted by atomic mass is 16.6. The van der Waals surface area contributed by atoms with Crippen molar-refractivity contribution >= 4 is 11.9 Å². The zero-order valence-corrected chi connectivity index (χ0v) is 30.8. The molecule has 6 rings (SSSR count). The van der Waals surface area contributed by atoms with Crippen molar-refractivity contribution in [2.75, 3.05) is 0 Å². The van der Waals surface area contributed by atoms with Gasteiger partial charge in [0.25, 0.3) is 0 Å². The van der Waals surface area contributed by atoms with Gasteiger partial charge in [-0.15, -0.1) is 0 Å². The SMILES string of the molecule is C/C1=C\CC[C@](C)(O)[C@@H]2C[C@@H](CC[C@]3(C)O[C@H]3CC1)[C@H](CC[C@@]1(O)C(=O)O[C@H]3C[C@H]1CC[C@]1(C)O[C@H]1CC/C(C)=C/CC[C@]3(C)O)C(=O)O2. The van der Waals surface area contributed by atoms with Gasteiger partial charge < -0.3 is 34.3 Å². The smallest absolute Gasteiger partial charge is 0.338 e. The first-order valence-corrected chi connectivity index (χ1v) is 19.2. The summed E-state index contributed by atoms with van der Waals surface area (Å²) in [7, 11) is 0. The summed E-state index contributed by atoms with van der Waals surface area (Å²) in [5.41, 5.74) is -2.18. The molecule has 6 aliphatic rings. The topological polar surface area (TPSA) is 138 Å². The molecule has 12 atom stereocenters. The molecule has 2 aliphatic carbocycles. The highest BCUT2D eigenvalue weighted by Gasteiger charge is 2.58. The summed E-state index contributed by atoms with van der Waals surface area (Å²) in [4.78, 5) is 27.7. The van der Waals surface area contributed by atoms with Crippen molar-refractivity contribution in [2.24, 2.45) is 17.8 Å². The monoisotopic (exact) mass is 686 g/mol. The van der Waals surface area contributed by atoms with Crippen LogP contribution >= 0.6 is 0 Å². The summed E-state index contributed by atoms with van der Waals surface area (Å²) in [6, 6.07) is 0. The van der Waals surface area contributed by atoms with Crippen molar-refractivity contribution in [1.82, 2.24) is 0 Å². The van der Waals surface area contributed by atoms with E-state index < -0.39 is 46.8 Å². The Morgan fingerprint density at radius 2 is 1.22 bits per heavy atom. The van der Waals surface area contributed by atoms with Crippen LogP contribution in [0.15, 0.2) is 23.3 Å². The van der Waals surface area contributed by atoms with Crippen LogP contribution in [0.2, 0.25) is 0 Å². The van der Waals surface area contributed by atoms with Crippen LogP contribution < -0.4 is 0 Å². The first kappa shape index (κ1) is 37.0. The Hall–Kier alpha value is -1.78. The van der Waals surface area contributed by atoms with E-state index in [1.165, 1.54) is 11.1 Å². The van der Waals surface area contributed by atoms with E-state index in [9.17, 15) is 24.9 Å². The summed E-state index contributed by atoms with van der Waals surface area (Å²) < 4.78 is 24.3. The van der Waals surface area contributed by atoms with Crippen molar-refractivity contribution in [3.05, 3.63) is 23.3 Å². The molecule has 0 aromatic carbocycles. The number of hydrogen-bond acceptors (Lipinski definition) is 9. The number of ether oxygens (including phenoxy) is 4. The van der Waals surface area contributed by atoms with Gasteiger partial charge in [-0.1, -0.05) is 23.3 Å². The minimum atomic E-state index is -1.80. The van der Waals surface area contributed by atoms with Crippen LogP contribution in [0, 0.1) is 17.8 Å². The highest BCUT2D eigenvalue weighted by Crippen LogP contribution is 2.50. The Labute approximate surface area is 293 Å². The molecular weight excluding hydrogens is 624 g/mol. The summed E-state index contributed by atoms with van der Waals surface area (Å²) in [6.07, 6.45) is 13.4. The van der Waals surface area contributed by atoms with Gasteiger partial charge in [-0.2, -0.15) is 0 Å². The van der Waals surface area contributed by atoms with Crippen molar-refractivity contribution in [3.63, 3.8) is 0 Å². The molecule has 4 saturated heterocycles. The quantitative estimate of drug-likeness (QED) is 0.175. The maximum absolute atomic E-state index is 13.9. The van der Waals surface area contributed by atoms with Gasteiger partial charge in [0, 0.05) is 5.92 Å². The minimum Gasteiger partial charge on any atom is -0.459 e. The second kappa shape index (κ2) is 13.6. The molecule has 0 unspecified atom stereocenters. The lowest BCUT2D eigenvalue weighted by Gasteiger charge is -2.46. The number of allylic oxidation sites excluding steroid dienone is 4. The van der Waals surface area contributed by atoms with Gasteiger partial charge in [0.2, 0.25) is 0 Å². The number of carbonyl (C=O) groups excluding carboxylic acids is 2. The van der Waals surface area contributed by atoms with Gasteiger partial charge in [0.15, 0.2) is 5.60 Å². The number of esters is 2. The average Bonchev–Trinajstić information content (AvgIpc) is 3.90. The first-order valence-electron chi connectivity index (χ1n) is 19.2. The number of hydrogen-bond donors (Lipinski definition) is 3. The fraction of sp³-hybridized carbons (Fsp3) is 0.850. The Balaban J connectivity index is 1.20. The summed E-state index contributed by atoms with van der Waals surface area (Å²) in [6.45, 7) is 12.0. The van der Waals surface area contributed by atoms with Crippen LogP contribution in [-0.2, 0) is 28.5 Å². The Kier molecular flexibility index (Phi) is 10.3. The van der Waals surface area contributed by atoms with E-state index in [0.717, 1.165) is 38.5 Å². The largest absolute Gasteiger partial charge is 0.459 e. The fourth-order valence-electron chi connectivity index (χ4n) is 9.43. The minimum absolute atomic E-state index is 0.0616. The lowest BCUT2D eigenvalue weighted by molar-refractivity contribution is -0.215. The van der Waals surface area contributed by atoms with Crippen LogP contribution in [0.3, 0.4) is 0 Å². The summed E-state index contributed by atoms with van der Waals surface area (Å²) >= 11 is 0. The molecule has 0 aromatic heterocycles. The number of epoxide rings is 2. The second-order valence-corrected chi connectivity index (χ2v) is 17.7. The third-order valence-corrected chi connectivity index (χ3v) is 13.6. The van der Waals surface area contributed by atoms with E-state index in [0.29, 0.717) is 51.4 Å². The van der Waals surface area contributed by atoms with E-state index in [4.69, 9.17) is 18.9 Å². The van der Waals surface area contributed by atoms with Gasteiger partial charge in [-0.25, -0.2) is 4.79 Å². The fourth-order valence-corrected chi connectivity index (χ4v) is 9.43. The second-order valence-electron chi connectivity index (χ2n) is 17.7. The molecule has 0 aromatic rings. The molecule has 0 amide bonds. The Morgan fingerprint density at radius 3 is 1.80 bits per heavy atom. The number of aliphatic hydroxyl groups is 3. The van der Waals surface area contributed by atoms with Crippen LogP contribution in [0.1, 0.15) is 144 Å². The number of rotatable bonds is 3.